The van der Waals surface area contributed by atoms with Crippen LogP contribution in [0.3, 0.4) is 0 Å². The number of nitrogens with zero attached hydrogens (tertiary/aromatic N) is 3. The molecule has 1 amide bonds. The van der Waals surface area contributed by atoms with E-state index in [4.69, 9.17) is 0 Å². The van der Waals surface area contributed by atoms with Crippen molar-refractivity contribution in [3.63, 3.8) is 0 Å². The molecule has 0 aliphatic heterocycles. The Morgan fingerprint density at radius 3 is 2.54 bits per heavy atom. The minimum atomic E-state index is -0.284. The molecule has 3 aromatic rings. The van der Waals surface area contributed by atoms with Crippen molar-refractivity contribution in [3.05, 3.63) is 76.2 Å². The fourth-order valence-corrected chi connectivity index (χ4v) is 3.26. The van der Waals surface area contributed by atoms with E-state index in [1.165, 1.54) is 16.3 Å². The number of carbonyl (C=O) groups is 1. The van der Waals surface area contributed by atoms with Gasteiger partial charge < -0.3 is 10.2 Å². The zero-order chi connectivity index (χ0) is 20.1. The molecule has 0 saturated carbocycles. The van der Waals surface area contributed by atoms with Crippen LogP contribution in [-0.4, -0.2) is 41.0 Å². The highest BCUT2D eigenvalue weighted by atomic mass is 16.2. The summed E-state index contributed by atoms with van der Waals surface area (Å²) in [5.41, 5.74) is 3.50. The number of nitrogens with one attached hydrogen (secondary N) is 1. The number of hydrogen-bond acceptors (Lipinski definition) is 4. The van der Waals surface area contributed by atoms with Gasteiger partial charge in [-0.2, -0.15) is 0 Å². The van der Waals surface area contributed by atoms with Crippen LogP contribution in [0.2, 0.25) is 0 Å². The Morgan fingerprint density at radius 2 is 1.86 bits per heavy atom. The largest absolute Gasteiger partial charge is 0.353 e. The van der Waals surface area contributed by atoms with E-state index in [1.807, 2.05) is 32.3 Å². The molecule has 6 nitrogen and oxygen atoms in total. The smallest absolute Gasteiger partial charge is 0.269 e. The zero-order valence-electron chi connectivity index (χ0n) is 16.6. The summed E-state index contributed by atoms with van der Waals surface area (Å²) in [4.78, 5) is 31.0. The van der Waals surface area contributed by atoms with E-state index in [9.17, 15) is 9.59 Å². The molecule has 0 aliphatic rings. The molecule has 1 N–H and O–H groups in total. The van der Waals surface area contributed by atoms with Crippen molar-refractivity contribution in [2.45, 2.75) is 25.9 Å². The van der Waals surface area contributed by atoms with Gasteiger partial charge in [-0.15, -0.1) is 0 Å². The average molecular weight is 378 g/mol. The summed E-state index contributed by atoms with van der Waals surface area (Å²) in [6, 6.07) is 15.8. The highest BCUT2D eigenvalue weighted by molar-refractivity contribution is 5.79. The Morgan fingerprint density at radius 1 is 1.14 bits per heavy atom. The summed E-state index contributed by atoms with van der Waals surface area (Å²) in [5, 5.41) is 2.97. The molecule has 0 saturated heterocycles. The Labute approximate surface area is 164 Å². The van der Waals surface area contributed by atoms with E-state index in [2.05, 4.69) is 46.4 Å². The van der Waals surface area contributed by atoms with E-state index in [-0.39, 0.29) is 24.1 Å². The van der Waals surface area contributed by atoms with Gasteiger partial charge in [0.05, 0.1) is 23.3 Å². The van der Waals surface area contributed by atoms with Gasteiger partial charge in [0, 0.05) is 6.54 Å². The minimum absolute atomic E-state index is 0.0310. The van der Waals surface area contributed by atoms with Gasteiger partial charge in [0.15, 0.2) is 0 Å². The predicted octanol–water partition coefficient (Wildman–Crippen LogP) is 2.38. The third kappa shape index (κ3) is 4.46. The van der Waals surface area contributed by atoms with Crippen molar-refractivity contribution in [1.29, 1.82) is 0 Å². The minimum Gasteiger partial charge on any atom is -0.353 e. The first-order valence-electron chi connectivity index (χ1n) is 9.46. The first kappa shape index (κ1) is 19.8. The first-order valence-corrected chi connectivity index (χ1v) is 9.46. The van der Waals surface area contributed by atoms with Gasteiger partial charge >= 0.3 is 0 Å². The first-order chi connectivity index (χ1) is 13.5. The summed E-state index contributed by atoms with van der Waals surface area (Å²) < 4.78 is 1.46. The van der Waals surface area contributed by atoms with Crippen LogP contribution < -0.4 is 10.9 Å². The Kier molecular flexibility index (Phi) is 6.21. The van der Waals surface area contributed by atoms with Crippen LogP contribution in [0, 0.1) is 0 Å². The Hall–Kier alpha value is -2.99. The number of fused-ring (bicyclic) bond motifs is 1. The quantitative estimate of drug-likeness (QED) is 0.685. The van der Waals surface area contributed by atoms with Gasteiger partial charge in [-0.25, -0.2) is 4.98 Å². The van der Waals surface area contributed by atoms with Gasteiger partial charge in [0.2, 0.25) is 5.91 Å². The van der Waals surface area contributed by atoms with Crippen LogP contribution in [0.5, 0.6) is 0 Å². The lowest BCUT2D eigenvalue weighted by Gasteiger charge is -2.25. The van der Waals surface area contributed by atoms with Gasteiger partial charge in [0.1, 0.15) is 6.54 Å². The van der Waals surface area contributed by atoms with Crippen LogP contribution in [0.4, 0.5) is 0 Å². The van der Waals surface area contributed by atoms with Crippen LogP contribution in [0.1, 0.15) is 24.1 Å². The number of carbonyl (C=O) groups excluding carboxylic acids is 1. The van der Waals surface area contributed by atoms with Crippen molar-refractivity contribution in [1.82, 2.24) is 19.8 Å². The van der Waals surface area contributed by atoms with Gasteiger partial charge in [-0.1, -0.05) is 43.3 Å². The summed E-state index contributed by atoms with van der Waals surface area (Å²) >= 11 is 0. The predicted molar refractivity (Wildman–Crippen MR) is 111 cm³/mol. The molecule has 1 heterocycles. The maximum absolute atomic E-state index is 12.6. The van der Waals surface area contributed by atoms with Crippen molar-refractivity contribution in [2.75, 3.05) is 20.6 Å². The molecule has 1 aromatic heterocycles. The second-order valence-electron chi connectivity index (χ2n) is 7.05. The van der Waals surface area contributed by atoms with Gasteiger partial charge in [0.25, 0.3) is 5.56 Å². The van der Waals surface area contributed by atoms with E-state index in [0.717, 1.165) is 12.0 Å². The third-order valence-corrected chi connectivity index (χ3v) is 4.94. The average Bonchev–Trinajstić information content (AvgIpc) is 2.70. The number of benzene rings is 2. The number of likely N-dealkylation sites (N-methyl/N-ethyl adjacent to an activating group) is 1. The molecule has 0 spiro atoms. The molecule has 0 bridgehead atoms. The fraction of sp³-hybridized carbons (Fsp3) is 0.318. The molecule has 0 radical (unpaired) electrons. The number of aryl methyl sites for hydroxylation is 1. The van der Waals surface area contributed by atoms with Crippen molar-refractivity contribution >= 4 is 16.9 Å². The molecular formula is C22H26N4O2. The van der Waals surface area contributed by atoms with Crippen LogP contribution in [0.15, 0.2) is 59.5 Å². The van der Waals surface area contributed by atoms with Crippen LogP contribution >= 0.6 is 0 Å². The summed E-state index contributed by atoms with van der Waals surface area (Å²) in [7, 11) is 3.98. The maximum Gasteiger partial charge on any atom is 0.269 e. The molecule has 0 aliphatic carbocycles. The summed E-state index contributed by atoms with van der Waals surface area (Å²) in [6.45, 7) is 2.56. The summed E-state index contributed by atoms with van der Waals surface area (Å²) in [5.74, 6) is -0.199. The SMILES string of the molecule is CCc1ccc([C@H](CNC(=O)Cn2c(=O)cnc3ccccc32)N(C)C)cc1. The molecule has 28 heavy (non-hydrogen) atoms. The lowest BCUT2D eigenvalue weighted by molar-refractivity contribution is -0.121. The van der Waals surface area contributed by atoms with Crippen LogP contribution in [-0.2, 0) is 17.8 Å². The standard InChI is InChI=1S/C22H26N4O2/c1-4-16-9-11-17(12-10-16)20(25(2)3)13-24-21(27)15-26-19-8-6-5-7-18(19)23-14-22(26)28/h5-12,14,20H,4,13,15H2,1-3H3,(H,24,27)/t20-/m0/s1. The normalized spacial score (nSPS) is 12.3. The lowest BCUT2D eigenvalue weighted by Crippen LogP contribution is -2.38. The second-order valence-corrected chi connectivity index (χ2v) is 7.05. The van der Waals surface area contributed by atoms with E-state index in [1.54, 1.807) is 6.07 Å². The van der Waals surface area contributed by atoms with Crippen molar-refractivity contribution in [3.8, 4) is 0 Å². The van der Waals surface area contributed by atoms with E-state index < -0.39 is 0 Å². The molecule has 3 rings (SSSR count). The van der Waals surface area contributed by atoms with Crippen molar-refractivity contribution < 1.29 is 4.79 Å². The molecule has 0 fully saturated rings. The van der Waals surface area contributed by atoms with Crippen LogP contribution in [0.25, 0.3) is 11.0 Å². The molecule has 0 unspecified atom stereocenters. The molecular weight excluding hydrogens is 352 g/mol. The van der Waals surface area contributed by atoms with Crippen molar-refractivity contribution in [2.24, 2.45) is 0 Å². The molecule has 146 valence electrons. The highest BCUT2D eigenvalue weighted by Gasteiger charge is 2.16. The summed E-state index contributed by atoms with van der Waals surface area (Å²) in [6.07, 6.45) is 2.26. The number of rotatable bonds is 7. The number of amides is 1. The zero-order valence-corrected chi connectivity index (χ0v) is 16.6. The highest BCUT2D eigenvalue weighted by Crippen LogP contribution is 2.18. The second kappa shape index (κ2) is 8.80. The molecule has 2 aromatic carbocycles. The maximum atomic E-state index is 12.6. The topological polar surface area (TPSA) is 67.2 Å². The molecule has 6 heteroatoms. The lowest BCUT2D eigenvalue weighted by atomic mass is 10.0. The monoisotopic (exact) mass is 378 g/mol. The number of para-hydroxylation sites is 2. The van der Waals surface area contributed by atoms with E-state index >= 15 is 0 Å². The van der Waals surface area contributed by atoms with E-state index in [0.29, 0.717) is 17.6 Å². The van der Waals surface area contributed by atoms with Gasteiger partial charge in [-0.3, -0.25) is 14.2 Å². The Bertz CT molecular complexity index is 1010. The fourth-order valence-electron chi connectivity index (χ4n) is 3.26. The molecule has 1 atom stereocenters. The van der Waals surface area contributed by atoms with Gasteiger partial charge in [-0.05, 0) is 43.8 Å². The Balaban J connectivity index is 1.72. The number of aromatic nitrogens is 2. The number of hydrogen-bond donors (Lipinski definition) is 1. The third-order valence-electron chi connectivity index (χ3n) is 4.94.